The first-order chi connectivity index (χ1) is 20.2. The average molecular weight is 537 g/mol. The normalized spacial score (nSPS) is 12.5. The fraction of sp³-hybridized carbons (Fsp3) is 0.0571. The zero-order valence-corrected chi connectivity index (χ0v) is 22.2. The highest BCUT2D eigenvalue weighted by molar-refractivity contribution is 6.11. The Morgan fingerprint density at radius 1 is 0.683 bits per heavy atom. The third kappa shape index (κ3) is 3.72. The Morgan fingerprint density at radius 3 is 2.15 bits per heavy atom. The predicted octanol–water partition coefficient (Wildman–Crippen LogP) is 8.67. The maximum absolute atomic E-state index is 14.6. The van der Waals surface area contributed by atoms with Gasteiger partial charge in [0.2, 0.25) is 0 Å². The number of rotatable bonds is 5. The first kappa shape index (κ1) is 23.5. The summed E-state index contributed by atoms with van der Waals surface area (Å²) in [6.07, 6.45) is 4.05. The molecule has 1 unspecified atom stereocenters. The molecule has 5 nitrogen and oxygen atoms in total. The van der Waals surface area contributed by atoms with Crippen molar-refractivity contribution in [1.29, 1.82) is 0 Å². The van der Waals surface area contributed by atoms with Crippen LogP contribution in [0.5, 0.6) is 5.75 Å². The molecule has 4 heterocycles. The van der Waals surface area contributed by atoms with E-state index in [0.29, 0.717) is 0 Å². The fourth-order valence-corrected chi connectivity index (χ4v) is 6.14. The molecule has 0 radical (unpaired) electrons. The summed E-state index contributed by atoms with van der Waals surface area (Å²) in [4.78, 5) is 15.8. The lowest BCUT2D eigenvalue weighted by Crippen LogP contribution is -2.06. The average Bonchev–Trinajstić information content (AvgIpc) is 3.73. The van der Waals surface area contributed by atoms with Crippen molar-refractivity contribution in [1.82, 2.24) is 19.9 Å². The lowest BCUT2D eigenvalue weighted by Gasteiger charge is -2.18. The molecule has 0 spiro atoms. The molecule has 4 aromatic heterocycles. The number of hydrogen-bond donors (Lipinski definition) is 3. The quantitative estimate of drug-likeness (QED) is 0.206. The van der Waals surface area contributed by atoms with Gasteiger partial charge in [-0.15, -0.1) is 0 Å². The summed E-state index contributed by atoms with van der Waals surface area (Å²) in [6.45, 7) is 0. The van der Waals surface area contributed by atoms with Crippen molar-refractivity contribution < 1.29 is 9.13 Å². The maximum Gasteiger partial charge on any atom is 0.123 e. The predicted molar refractivity (Wildman–Crippen MR) is 163 cm³/mol. The number of pyridine rings is 1. The van der Waals surface area contributed by atoms with E-state index < -0.39 is 0 Å². The Bertz CT molecular complexity index is 2220. The number of halogens is 1. The number of benzene rings is 4. The van der Waals surface area contributed by atoms with E-state index in [9.17, 15) is 4.39 Å². The summed E-state index contributed by atoms with van der Waals surface area (Å²) >= 11 is 0. The van der Waals surface area contributed by atoms with E-state index in [4.69, 9.17) is 9.72 Å². The van der Waals surface area contributed by atoms with Crippen LogP contribution in [0.4, 0.5) is 4.39 Å². The molecule has 0 aliphatic rings. The standard InChI is InChI=1S/C35H25FN4O/c1-41-22-13-10-20(11-14-22)34-35-26(23-6-3-5-9-31(23)39-35)17-32(40-34)33(27-18-37-29-8-4-2-7-24(27)29)28-19-38-30-15-12-21(36)16-25(28)30/h2-19,33,37-39H,1H3. The second-order valence-corrected chi connectivity index (χ2v) is 10.4. The van der Waals surface area contributed by atoms with E-state index in [1.807, 2.05) is 48.7 Å². The van der Waals surface area contributed by atoms with E-state index in [2.05, 4.69) is 57.5 Å². The van der Waals surface area contributed by atoms with Gasteiger partial charge >= 0.3 is 0 Å². The van der Waals surface area contributed by atoms with Gasteiger partial charge in [0.1, 0.15) is 11.6 Å². The Kier molecular flexibility index (Phi) is 5.22. The molecule has 0 amide bonds. The molecular weight excluding hydrogens is 511 g/mol. The fourth-order valence-electron chi connectivity index (χ4n) is 6.14. The van der Waals surface area contributed by atoms with Gasteiger partial charge in [0.15, 0.2) is 0 Å². The highest BCUT2D eigenvalue weighted by Gasteiger charge is 2.27. The molecule has 41 heavy (non-hydrogen) atoms. The van der Waals surface area contributed by atoms with Gasteiger partial charge in [0.25, 0.3) is 0 Å². The van der Waals surface area contributed by atoms with Crippen LogP contribution in [0.25, 0.3) is 54.9 Å². The number of aromatic amines is 3. The van der Waals surface area contributed by atoms with Crippen molar-refractivity contribution in [3.63, 3.8) is 0 Å². The zero-order chi connectivity index (χ0) is 27.5. The van der Waals surface area contributed by atoms with Gasteiger partial charge < -0.3 is 19.7 Å². The molecule has 198 valence electrons. The Labute approximate surface area is 234 Å². The van der Waals surface area contributed by atoms with Gasteiger partial charge in [-0.2, -0.15) is 0 Å². The highest BCUT2D eigenvalue weighted by Crippen LogP contribution is 2.42. The summed E-state index contributed by atoms with van der Waals surface area (Å²) in [6, 6.07) is 31.7. The van der Waals surface area contributed by atoms with Crippen LogP contribution >= 0.6 is 0 Å². The minimum atomic E-state index is -0.269. The molecule has 0 saturated carbocycles. The molecule has 4 aromatic carbocycles. The minimum Gasteiger partial charge on any atom is -0.497 e. The number of fused-ring (bicyclic) bond motifs is 5. The van der Waals surface area contributed by atoms with E-state index >= 15 is 0 Å². The first-order valence-corrected chi connectivity index (χ1v) is 13.6. The van der Waals surface area contributed by atoms with Gasteiger partial charge in [-0.05, 0) is 71.8 Å². The number of H-pyrrole nitrogens is 3. The summed E-state index contributed by atoms with van der Waals surface area (Å²) in [5.74, 6) is 0.252. The highest BCUT2D eigenvalue weighted by atomic mass is 19.1. The lowest BCUT2D eigenvalue weighted by molar-refractivity contribution is 0.415. The number of hydrogen-bond acceptors (Lipinski definition) is 2. The van der Waals surface area contributed by atoms with Gasteiger partial charge in [0.05, 0.1) is 29.9 Å². The van der Waals surface area contributed by atoms with Crippen molar-refractivity contribution >= 4 is 43.6 Å². The number of nitrogens with zero attached hydrogens (tertiary/aromatic N) is 1. The van der Waals surface area contributed by atoms with Gasteiger partial charge in [-0.1, -0.05) is 36.4 Å². The maximum atomic E-state index is 14.6. The van der Waals surface area contributed by atoms with Crippen molar-refractivity contribution in [2.45, 2.75) is 5.92 Å². The summed E-state index contributed by atoms with van der Waals surface area (Å²) < 4.78 is 20.0. The summed E-state index contributed by atoms with van der Waals surface area (Å²) in [5.41, 5.74) is 8.71. The summed E-state index contributed by atoms with van der Waals surface area (Å²) in [7, 11) is 1.67. The van der Waals surface area contributed by atoms with Crippen LogP contribution in [0.1, 0.15) is 22.7 Å². The van der Waals surface area contributed by atoms with Crippen LogP contribution in [0, 0.1) is 5.82 Å². The van der Waals surface area contributed by atoms with E-state index in [1.165, 1.54) is 6.07 Å². The topological polar surface area (TPSA) is 69.5 Å². The third-order valence-electron chi connectivity index (χ3n) is 8.09. The van der Waals surface area contributed by atoms with Crippen LogP contribution in [0.15, 0.2) is 109 Å². The molecule has 3 N–H and O–H groups in total. The van der Waals surface area contributed by atoms with Crippen LogP contribution in [-0.2, 0) is 0 Å². The van der Waals surface area contributed by atoms with E-state index in [0.717, 1.165) is 77.4 Å². The van der Waals surface area contributed by atoms with Crippen LogP contribution in [-0.4, -0.2) is 27.0 Å². The van der Waals surface area contributed by atoms with Gasteiger partial charge in [-0.3, -0.25) is 0 Å². The molecule has 0 saturated heterocycles. The Morgan fingerprint density at radius 2 is 1.37 bits per heavy atom. The van der Waals surface area contributed by atoms with Crippen molar-refractivity contribution in [3.8, 4) is 17.0 Å². The molecule has 0 fully saturated rings. The van der Waals surface area contributed by atoms with E-state index in [1.54, 1.807) is 19.2 Å². The molecule has 0 aliphatic heterocycles. The monoisotopic (exact) mass is 536 g/mol. The van der Waals surface area contributed by atoms with Gasteiger partial charge in [0, 0.05) is 56.1 Å². The van der Waals surface area contributed by atoms with Crippen LogP contribution in [0.2, 0.25) is 0 Å². The van der Waals surface area contributed by atoms with Gasteiger partial charge in [-0.25, -0.2) is 9.37 Å². The van der Waals surface area contributed by atoms with E-state index in [-0.39, 0.29) is 11.7 Å². The molecule has 6 heteroatoms. The Balaban J connectivity index is 1.47. The number of aromatic nitrogens is 4. The van der Waals surface area contributed by atoms with Crippen LogP contribution in [0.3, 0.4) is 0 Å². The number of para-hydroxylation sites is 2. The van der Waals surface area contributed by atoms with Crippen molar-refractivity contribution in [2.24, 2.45) is 0 Å². The molecule has 8 rings (SSSR count). The molecule has 0 bridgehead atoms. The van der Waals surface area contributed by atoms with Crippen molar-refractivity contribution in [3.05, 3.63) is 132 Å². The lowest BCUT2D eigenvalue weighted by atomic mass is 9.86. The Hall–Kier alpha value is -5.36. The zero-order valence-electron chi connectivity index (χ0n) is 22.2. The molecule has 0 aliphatic carbocycles. The second-order valence-electron chi connectivity index (χ2n) is 10.4. The molecule has 1 atom stereocenters. The number of methoxy groups -OCH3 is 1. The third-order valence-corrected chi connectivity index (χ3v) is 8.09. The SMILES string of the molecule is COc1ccc(-c2nc(C(c3c[nH]c4ccccc34)c3c[nH]c4ccc(F)cc34)cc3c2[nH]c2ccccc23)cc1. The smallest absolute Gasteiger partial charge is 0.123 e. The molecule has 8 aromatic rings. The molecular formula is C35H25FN4O. The summed E-state index contributed by atoms with van der Waals surface area (Å²) in [5, 5.41) is 4.16. The largest absolute Gasteiger partial charge is 0.497 e. The number of ether oxygens (including phenoxy) is 1. The number of nitrogens with one attached hydrogen (secondary N) is 3. The second kappa shape index (κ2) is 9.10. The van der Waals surface area contributed by atoms with Crippen LogP contribution < -0.4 is 4.74 Å². The minimum absolute atomic E-state index is 0.267. The van der Waals surface area contributed by atoms with Crippen molar-refractivity contribution in [2.75, 3.05) is 7.11 Å². The first-order valence-electron chi connectivity index (χ1n) is 13.6.